The van der Waals surface area contributed by atoms with Gasteiger partial charge in [-0.15, -0.1) is 10.2 Å². The molecule has 128 valence electrons. The molecular formula is C16H17F3N4O. The van der Waals surface area contributed by atoms with Crippen LogP contribution in [0.1, 0.15) is 35.2 Å². The average molecular weight is 338 g/mol. The summed E-state index contributed by atoms with van der Waals surface area (Å²) in [5.74, 6) is -0.684. The largest absolute Gasteiger partial charge is 0.451 e. The number of hydrogen-bond acceptors (Lipinski definition) is 4. The fraction of sp³-hybridized carbons (Fsp3) is 0.438. The molecule has 1 aromatic heterocycles. The van der Waals surface area contributed by atoms with Gasteiger partial charge in [0.15, 0.2) is 0 Å². The molecule has 0 fully saturated rings. The first-order valence-corrected chi connectivity index (χ1v) is 7.63. The number of fused-ring (bicyclic) bond motifs is 1. The van der Waals surface area contributed by atoms with Crippen LogP contribution < -0.4 is 0 Å². The third kappa shape index (κ3) is 3.19. The second-order valence-corrected chi connectivity index (χ2v) is 5.89. The van der Waals surface area contributed by atoms with Gasteiger partial charge in [-0.3, -0.25) is 4.90 Å². The van der Waals surface area contributed by atoms with Crippen LogP contribution in [0.3, 0.4) is 0 Å². The van der Waals surface area contributed by atoms with Gasteiger partial charge in [-0.25, -0.2) is 0 Å². The number of carbonyl (C=O) groups excluding carboxylic acids is 1. The summed E-state index contributed by atoms with van der Waals surface area (Å²) in [5.41, 5.74) is 2.05. The van der Waals surface area contributed by atoms with Gasteiger partial charge in [0.2, 0.25) is 5.82 Å². The first-order valence-electron chi connectivity index (χ1n) is 7.63. The van der Waals surface area contributed by atoms with Gasteiger partial charge in [-0.1, -0.05) is 29.8 Å². The molecule has 2 aromatic rings. The van der Waals surface area contributed by atoms with E-state index in [0.29, 0.717) is 6.54 Å². The highest BCUT2D eigenvalue weighted by Crippen LogP contribution is 2.32. The number of alkyl halides is 3. The normalized spacial score (nSPS) is 16.7. The first kappa shape index (κ1) is 16.6. The Labute approximate surface area is 137 Å². The Bertz CT molecular complexity index is 741. The van der Waals surface area contributed by atoms with E-state index in [1.807, 2.05) is 36.1 Å². The molecule has 0 spiro atoms. The van der Waals surface area contributed by atoms with E-state index in [-0.39, 0.29) is 31.4 Å². The number of aldehydes is 1. The number of aromatic nitrogens is 3. The summed E-state index contributed by atoms with van der Waals surface area (Å²) in [7, 11) is 0. The number of hydrogen-bond donors (Lipinski definition) is 0. The van der Waals surface area contributed by atoms with Gasteiger partial charge in [0, 0.05) is 25.6 Å². The van der Waals surface area contributed by atoms with Crippen LogP contribution in [-0.4, -0.2) is 32.5 Å². The number of nitrogens with zero attached hydrogens (tertiary/aromatic N) is 4. The van der Waals surface area contributed by atoms with Crippen molar-refractivity contribution in [3.63, 3.8) is 0 Å². The van der Waals surface area contributed by atoms with E-state index in [0.717, 1.165) is 22.0 Å². The summed E-state index contributed by atoms with van der Waals surface area (Å²) in [4.78, 5) is 13.1. The average Bonchev–Trinajstić information content (AvgIpc) is 2.95. The quantitative estimate of drug-likeness (QED) is 0.805. The molecule has 0 saturated carbocycles. The van der Waals surface area contributed by atoms with Crippen LogP contribution in [0, 0.1) is 6.92 Å². The molecule has 1 aromatic carbocycles. The first-order chi connectivity index (χ1) is 11.4. The number of aryl methyl sites for hydroxylation is 1. The molecule has 1 aliphatic rings. The SMILES string of the molecule is Cc1cccc(C(CC=O)N2CCn3c(nnc3C(F)(F)F)C2)c1. The van der Waals surface area contributed by atoms with Crippen molar-refractivity contribution in [2.75, 3.05) is 6.54 Å². The molecule has 2 heterocycles. The fourth-order valence-electron chi connectivity index (χ4n) is 3.12. The number of benzene rings is 1. The van der Waals surface area contributed by atoms with Crippen molar-refractivity contribution in [2.24, 2.45) is 0 Å². The minimum atomic E-state index is -4.51. The van der Waals surface area contributed by atoms with Crippen molar-refractivity contribution in [3.05, 3.63) is 47.0 Å². The number of carbonyl (C=O) groups is 1. The maximum atomic E-state index is 12.9. The lowest BCUT2D eigenvalue weighted by molar-refractivity contribution is -0.148. The van der Waals surface area contributed by atoms with E-state index in [1.165, 1.54) is 0 Å². The Morgan fingerprint density at radius 2 is 2.08 bits per heavy atom. The van der Waals surface area contributed by atoms with Crippen molar-refractivity contribution in [3.8, 4) is 0 Å². The predicted molar refractivity (Wildman–Crippen MR) is 80.0 cm³/mol. The molecule has 0 aliphatic carbocycles. The molecule has 0 N–H and O–H groups in total. The van der Waals surface area contributed by atoms with Crippen LogP contribution in [0.25, 0.3) is 0 Å². The molecule has 0 radical (unpaired) electrons. The monoisotopic (exact) mass is 338 g/mol. The summed E-state index contributed by atoms with van der Waals surface area (Å²) in [5, 5.41) is 6.98. The lowest BCUT2D eigenvalue weighted by atomic mass is 10.00. The van der Waals surface area contributed by atoms with Crippen molar-refractivity contribution < 1.29 is 18.0 Å². The smallest absolute Gasteiger partial charge is 0.305 e. The molecule has 0 saturated heterocycles. The zero-order valence-electron chi connectivity index (χ0n) is 13.1. The van der Waals surface area contributed by atoms with E-state index in [2.05, 4.69) is 10.2 Å². The molecule has 0 amide bonds. The molecule has 1 atom stereocenters. The minimum Gasteiger partial charge on any atom is -0.305 e. The van der Waals surface area contributed by atoms with E-state index >= 15 is 0 Å². The van der Waals surface area contributed by atoms with E-state index in [4.69, 9.17) is 0 Å². The number of halogens is 3. The van der Waals surface area contributed by atoms with Crippen LogP contribution in [0.2, 0.25) is 0 Å². The summed E-state index contributed by atoms with van der Waals surface area (Å²) in [6.07, 6.45) is -3.39. The predicted octanol–water partition coefficient (Wildman–Crippen LogP) is 2.75. The van der Waals surface area contributed by atoms with Gasteiger partial charge in [0.05, 0.1) is 6.54 Å². The summed E-state index contributed by atoms with van der Waals surface area (Å²) in [6.45, 7) is 2.75. The van der Waals surface area contributed by atoms with Crippen molar-refractivity contribution in [1.29, 1.82) is 0 Å². The highest BCUT2D eigenvalue weighted by Gasteiger charge is 2.40. The Balaban J connectivity index is 1.87. The third-order valence-corrected chi connectivity index (χ3v) is 4.22. The second-order valence-electron chi connectivity index (χ2n) is 5.89. The molecule has 5 nitrogen and oxygen atoms in total. The van der Waals surface area contributed by atoms with Gasteiger partial charge >= 0.3 is 6.18 Å². The highest BCUT2D eigenvalue weighted by molar-refractivity contribution is 5.51. The summed E-state index contributed by atoms with van der Waals surface area (Å²) < 4.78 is 39.9. The molecule has 8 heteroatoms. The number of rotatable bonds is 4. The zero-order valence-corrected chi connectivity index (χ0v) is 13.1. The molecule has 3 rings (SSSR count). The molecule has 1 unspecified atom stereocenters. The van der Waals surface area contributed by atoms with Crippen molar-refractivity contribution in [2.45, 2.75) is 38.7 Å². The van der Waals surface area contributed by atoms with E-state index < -0.39 is 12.0 Å². The minimum absolute atomic E-state index is 0.151. The van der Waals surface area contributed by atoms with Crippen molar-refractivity contribution in [1.82, 2.24) is 19.7 Å². The van der Waals surface area contributed by atoms with Gasteiger partial charge in [0.25, 0.3) is 0 Å². The Morgan fingerprint density at radius 1 is 1.29 bits per heavy atom. The molecule has 1 aliphatic heterocycles. The maximum Gasteiger partial charge on any atom is 0.451 e. The molecular weight excluding hydrogens is 321 g/mol. The molecule has 0 bridgehead atoms. The van der Waals surface area contributed by atoms with Crippen LogP contribution in [0.5, 0.6) is 0 Å². The fourth-order valence-corrected chi connectivity index (χ4v) is 3.12. The van der Waals surface area contributed by atoms with Crippen LogP contribution in [-0.2, 0) is 24.1 Å². The van der Waals surface area contributed by atoms with Crippen LogP contribution >= 0.6 is 0 Å². The van der Waals surface area contributed by atoms with E-state index in [1.54, 1.807) is 0 Å². The Morgan fingerprint density at radius 3 is 2.75 bits per heavy atom. The maximum absolute atomic E-state index is 12.9. The third-order valence-electron chi connectivity index (χ3n) is 4.22. The Kier molecular flexibility index (Phi) is 4.40. The molecule has 24 heavy (non-hydrogen) atoms. The summed E-state index contributed by atoms with van der Waals surface area (Å²) in [6, 6.07) is 7.62. The van der Waals surface area contributed by atoms with Gasteiger partial charge in [0.1, 0.15) is 12.1 Å². The zero-order chi connectivity index (χ0) is 17.3. The standard InChI is InChI=1S/C16H17F3N4O/c1-11-3-2-4-12(9-11)13(5-8-24)22-6-7-23-14(10-22)20-21-15(23)16(17,18)19/h2-4,8-9,13H,5-7,10H2,1H3. The van der Waals surface area contributed by atoms with Gasteiger partial charge < -0.3 is 9.36 Å². The van der Waals surface area contributed by atoms with Crippen LogP contribution in [0.4, 0.5) is 13.2 Å². The second kappa shape index (κ2) is 6.35. The van der Waals surface area contributed by atoms with Gasteiger partial charge in [-0.2, -0.15) is 13.2 Å². The van der Waals surface area contributed by atoms with Gasteiger partial charge in [-0.05, 0) is 12.5 Å². The lowest BCUT2D eigenvalue weighted by Gasteiger charge is -2.34. The topological polar surface area (TPSA) is 51.0 Å². The van der Waals surface area contributed by atoms with Crippen LogP contribution in [0.15, 0.2) is 24.3 Å². The lowest BCUT2D eigenvalue weighted by Crippen LogP contribution is -2.38. The Hall–Kier alpha value is -2.22. The van der Waals surface area contributed by atoms with Crippen molar-refractivity contribution >= 4 is 6.29 Å². The highest BCUT2D eigenvalue weighted by atomic mass is 19.4. The summed E-state index contributed by atoms with van der Waals surface area (Å²) >= 11 is 0. The van der Waals surface area contributed by atoms with E-state index in [9.17, 15) is 18.0 Å².